The van der Waals surface area contributed by atoms with Gasteiger partial charge in [-0.1, -0.05) is 133 Å². The van der Waals surface area contributed by atoms with Crippen LogP contribution in [0, 0.1) is 0 Å². The standard InChI is InChI=1S/C30H26OS/c31-32(23-29-17-9-7-15-27(29)21-19-25-11-3-1-4-12-25)24-30-18-10-8-16-28(30)22-20-26-13-5-2-6-14-26/h1-22H,23-24H2/b21-19+,22-20+. The van der Waals surface area contributed by atoms with Gasteiger partial charge in [-0.25, -0.2) is 0 Å². The molecule has 4 aromatic carbocycles. The third kappa shape index (κ3) is 6.34. The molecule has 0 saturated heterocycles. The molecule has 0 radical (unpaired) electrons. The molecule has 4 rings (SSSR count). The van der Waals surface area contributed by atoms with Gasteiger partial charge in [-0.15, -0.1) is 0 Å². The zero-order valence-corrected chi connectivity index (χ0v) is 18.7. The van der Waals surface area contributed by atoms with Crippen molar-refractivity contribution in [3.63, 3.8) is 0 Å². The van der Waals surface area contributed by atoms with Crippen molar-refractivity contribution in [1.82, 2.24) is 0 Å². The summed E-state index contributed by atoms with van der Waals surface area (Å²) in [6.45, 7) is 0. The molecule has 0 aliphatic carbocycles. The molecule has 1 nitrogen and oxygen atoms in total. The first-order valence-corrected chi connectivity index (χ1v) is 12.2. The first-order valence-electron chi connectivity index (χ1n) is 10.7. The number of rotatable bonds is 8. The molecule has 4 aromatic rings. The maximum Gasteiger partial charge on any atom is 0.131 e. The van der Waals surface area contributed by atoms with E-state index >= 15 is 0 Å². The molecule has 2 heteroatoms. The first kappa shape index (κ1) is 21.9. The second-order valence-corrected chi connectivity index (χ2v) is 9.07. The summed E-state index contributed by atoms with van der Waals surface area (Å²) < 4.78 is 13.1. The number of hydrogen-bond acceptors (Lipinski definition) is 1. The van der Waals surface area contributed by atoms with E-state index in [1.54, 1.807) is 0 Å². The first-order chi connectivity index (χ1) is 15.8. The molecule has 0 unspecified atom stereocenters. The average molecular weight is 435 g/mol. The van der Waals surface area contributed by atoms with Gasteiger partial charge in [-0.3, -0.25) is 0 Å². The zero-order valence-electron chi connectivity index (χ0n) is 17.9. The van der Waals surface area contributed by atoms with Crippen LogP contribution < -0.4 is 0 Å². The number of benzene rings is 4. The molecule has 0 heterocycles. The van der Waals surface area contributed by atoms with Crippen LogP contribution in [-0.4, -0.2) is 4.55 Å². The lowest BCUT2D eigenvalue weighted by Gasteiger charge is -2.14. The highest BCUT2D eigenvalue weighted by molar-refractivity contribution is 7.89. The molecule has 32 heavy (non-hydrogen) atoms. The normalized spacial score (nSPS) is 11.6. The van der Waals surface area contributed by atoms with E-state index < -0.39 is 11.2 Å². The van der Waals surface area contributed by atoms with Crippen molar-refractivity contribution in [2.45, 2.75) is 11.5 Å². The highest BCUT2D eigenvalue weighted by Gasteiger charge is 2.13. The topological polar surface area (TPSA) is 23.1 Å². The Labute approximate surface area is 194 Å². The molecule has 0 aliphatic rings. The van der Waals surface area contributed by atoms with E-state index in [2.05, 4.69) is 72.8 Å². The zero-order chi connectivity index (χ0) is 22.0. The monoisotopic (exact) mass is 434 g/mol. The highest BCUT2D eigenvalue weighted by atomic mass is 32.2. The van der Waals surface area contributed by atoms with Gasteiger partial charge in [0.25, 0.3) is 0 Å². The minimum Gasteiger partial charge on any atom is -0.616 e. The fourth-order valence-electron chi connectivity index (χ4n) is 3.55. The summed E-state index contributed by atoms with van der Waals surface area (Å²) in [5, 5.41) is 0. The van der Waals surface area contributed by atoms with E-state index in [0.29, 0.717) is 11.5 Å². The molecular weight excluding hydrogens is 408 g/mol. The minimum absolute atomic E-state index is 0.534. The lowest BCUT2D eigenvalue weighted by molar-refractivity contribution is 0.593. The Morgan fingerprint density at radius 1 is 0.469 bits per heavy atom. The van der Waals surface area contributed by atoms with Crippen LogP contribution in [0.4, 0.5) is 0 Å². The maximum absolute atomic E-state index is 13.1. The van der Waals surface area contributed by atoms with Gasteiger partial charge in [0.05, 0.1) is 0 Å². The van der Waals surface area contributed by atoms with Gasteiger partial charge in [0, 0.05) is 11.1 Å². The Kier molecular flexibility index (Phi) is 7.75. The van der Waals surface area contributed by atoms with E-state index in [1.807, 2.05) is 60.7 Å². The highest BCUT2D eigenvalue weighted by Crippen LogP contribution is 2.21. The van der Waals surface area contributed by atoms with Crippen LogP contribution >= 0.6 is 0 Å². The van der Waals surface area contributed by atoms with Gasteiger partial charge >= 0.3 is 0 Å². The summed E-state index contributed by atoms with van der Waals surface area (Å²) in [6, 6.07) is 36.9. The summed E-state index contributed by atoms with van der Waals surface area (Å²) in [5.41, 5.74) is 6.75. The Hall–Kier alpha value is -3.33. The van der Waals surface area contributed by atoms with Crippen LogP contribution in [0.2, 0.25) is 0 Å². The SMILES string of the molecule is [O-][S+](Cc1ccccc1/C=C/c1ccccc1)Cc1ccccc1/C=C/c1ccccc1. The minimum atomic E-state index is -1.01. The molecule has 0 amide bonds. The van der Waals surface area contributed by atoms with Crippen molar-refractivity contribution in [1.29, 1.82) is 0 Å². The van der Waals surface area contributed by atoms with Gasteiger partial charge < -0.3 is 4.55 Å². The molecule has 0 atom stereocenters. The summed E-state index contributed by atoms with van der Waals surface area (Å²) in [6.07, 6.45) is 8.42. The predicted octanol–water partition coefficient (Wildman–Crippen LogP) is 7.48. The fourth-order valence-corrected chi connectivity index (χ4v) is 4.88. The second-order valence-electron chi connectivity index (χ2n) is 7.61. The Balaban J connectivity index is 1.47. The van der Waals surface area contributed by atoms with Crippen molar-refractivity contribution in [3.05, 3.63) is 143 Å². The molecule has 0 aliphatic heterocycles. The van der Waals surface area contributed by atoms with E-state index in [4.69, 9.17) is 0 Å². The van der Waals surface area contributed by atoms with Gasteiger partial charge in [0.2, 0.25) is 0 Å². The smallest absolute Gasteiger partial charge is 0.131 e. The summed E-state index contributed by atoms with van der Waals surface area (Å²) in [7, 11) is 0. The maximum atomic E-state index is 13.1. The Morgan fingerprint density at radius 3 is 1.28 bits per heavy atom. The summed E-state index contributed by atoms with van der Waals surface area (Å²) in [4.78, 5) is 0. The second kappa shape index (κ2) is 11.3. The van der Waals surface area contributed by atoms with E-state index in [0.717, 1.165) is 33.4 Å². The molecule has 0 N–H and O–H groups in total. The van der Waals surface area contributed by atoms with E-state index in [-0.39, 0.29) is 0 Å². The van der Waals surface area contributed by atoms with Crippen LogP contribution in [0.15, 0.2) is 109 Å². The lowest BCUT2D eigenvalue weighted by Crippen LogP contribution is -2.09. The Bertz CT molecular complexity index is 1080. The third-order valence-electron chi connectivity index (χ3n) is 5.25. The van der Waals surface area contributed by atoms with E-state index in [1.165, 1.54) is 0 Å². The summed E-state index contributed by atoms with van der Waals surface area (Å²) in [5.74, 6) is 1.07. The Morgan fingerprint density at radius 2 is 0.844 bits per heavy atom. The lowest BCUT2D eigenvalue weighted by atomic mass is 10.1. The number of hydrogen-bond donors (Lipinski definition) is 0. The quantitative estimate of drug-likeness (QED) is 0.208. The third-order valence-corrected chi connectivity index (χ3v) is 6.52. The van der Waals surface area contributed by atoms with Crippen molar-refractivity contribution < 1.29 is 4.55 Å². The van der Waals surface area contributed by atoms with Crippen LogP contribution in [0.25, 0.3) is 24.3 Å². The predicted molar refractivity (Wildman–Crippen MR) is 139 cm³/mol. The van der Waals surface area contributed by atoms with Crippen molar-refractivity contribution >= 4 is 35.5 Å². The van der Waals surface area contributed by atoms with Crippen molar-refractivity contribution in [2.24, 2.45) is 0 Å². The molecular formula is C30H26OS. The molecule has 0 fully saturated rings. The van der Waals surface area contributed by atoms with E-state index in [9.17, 15) is 4.55 Å². The van der Waals surface area contributed by atoms with Gasteiger partial charge in [-0.05, 0) is 33.4 Å². The van der Waals surface area contributed by atoms with Crippen molar-refractivity contribution in [3.8, 4) is 0 Å². The fraction of sp³-hybridized carbons (Fsp3) is 0.0667. The largest absolute Gasteiger partial charge is 0.616 e. The summed E-state index contributed by atoms with van der Waals surface area (Å²) >= 11 is -1.01. The van der Waals surface area contributed by atoms with Gasteiger partial charge in [0.1, 0.15) is 11.5 Å². The average Bonchev–Trinajstić information content (AvgIpc) is 2.84. The van der Waals surface area contributed by atoms with Gasteiger partial charge in [0.15, 0.2) is 0 Å². The molecule has 158 valence electrons. The van der Waals surface area contributed by atoms with Crippen LogP contribution in [-0.2, 0) is 22.7 Å². The van der Waals surface area contributed by atoms with Crippen LogP contribution in [0.5, 0.6) is 0 Å². The molecule has 0 saturated carbocycles. The van der Waals surface area contributed by atoms with Crippen LogP contribution in [0.1, 0.15) is 33.4 Å². The van der Waals surface area contributed by atoms with Gasteiger partial charge in [-0.2, -0.15) is 0 Å². The molecule has 0 aromatic heterocycles. The van der Waals surface area contributed by atoms with Crippen molar-refractivity contribution in [2.75, 3.05) is 0 Å². The molecule has 0 bridgehead atoms. The molecule has 0 spiro atoms. The van der Waals surface area contributed by atoms with Crippen LogP contribution in [0.3, 0.4) is 0 Å².